The van der Waals surface area contributed by atoms with Crippen LogP contribution in [0.25, 0.3) is 0 Å². The highest BCUT2D eigenvalue weighted by Crippen LogP contribution is 2.03. The van der Waals surface area contributed by atoms with Gasteiger partial charge < -0.3 is 0 Å². The molecule has 0 spiro atoms. The summed E-state index contributed by atoms with van der Waals surface area (Å²) in [7, 11) is -0.808. The van der Waals surface area contributed by atoms with E-state index in [1.54, 1.807) is 0 Å². The van der Waals surface area contributed by atoms with Crippen LogP contribution in [-0.2, 0) is 0 Å². The van der Waals surface area contributed by atoms with Crippen LogP contribution in [-0.4, -0.2) is 8.80 Å². The summed E-state index contributed by atoms with van der Waals surface area (Å²) in [5.74, 6) is 18.2. The minimum Gasteiger partial charge on any atom is -0.107 e. The van der Waals surface area contributed by atoms with Gasteiger partial charge in [-0.3, -0.25) is 0 Å². The molecule has 0 amide bonds. The topological polar surface area (TPSA) is 0 Å². The van der Waals surface area contributed by atoms with E-state index in [-0.39, 0.29) is 0 Å². The molecule has 0 heterocycles. The fraction of sp³-hybridized carbons (Fsp3) is 0.500. The molecule has 1 heteroatoms. The third kappa shape index (κ3) is 7.26. The smallest absolute Gasteiger partial charge is 0.0765 e. The maximum absolute atomic E-state index is 3.14. The molecular weight excluding hydrogens is 172 g/mol. The summed E-state index contributed by atoms with van der Waals surface area (Å²) < 4.78 is 0. The van der Waals surface area contributed by atoms with E-state index in [0.29, 0.717) is 0 Å². The monoisotopic (exact) mass is 188 g/mol. The van der Waals surface area contributed by atoms with Gasteiger partial charge in [0, 0.05) is 18.1 Å². The van der Waals surface area contributed by atoms with Gasteiger partial charge in [-0.1, -0.05) is 0 Å². The first-order chi connectivity index (χ1) is 6.35. The molecule has 0 saturated carbocycles. The number of rotatable bonds is 3. The maximum Gasteiger partial charge on any atom is 0.0765 e. The molecule has 0 aliphatic carbocycles. The van der Waals surface area contributed by atoms with Crippen molar-refractivity contribution < 1.29 is 0 Å². The lowest BCUT2D eigenvalue weighted by Crippen LogP contribution is -2.08. The molecule has 0 aromatic heterocycles. The Bertz CT molecular complexity index is 243. The van der Waals surface area contributed by atoms with Gasteiger partial charge in [0.1, 0.15) is 0 Å². The second-order valence-corrected chi connectivity index (χ2v) is 5.72. The van der Waals surface area contributed by atoms with Gasteiger partial charge in [-0.05, 0) is 20.8 Å². The van der Waals surface area contributed by atoms with Crippen molar-refractivity contribution in [1.29, 1.82) is 0 Å². The van der Waals surface area contributed by atoms with Gasteiger partial charge in [0.2, 0.25) is 0 Å². The van der Waals surface area contributed by atoms with Crippen LogP contribution >= 0.6 is 0 Å². The quantitative estimate of drug-likeness (QED) is 0.471. The van der Waals surface area contributed by atoms with Crippen molar-refractivity contribution in [3.8, 4) is 35.5 Å². The predicted octanol–water partition coefficient (Wildman–Crippen LogP) is 2.28. The van der Waals surface area contributed by atoms with Crippen LogP contribution in [0.5, 0.6) is 0 Å². The molecular formula is C12H16Si. The lowest BCUT2D eigenvalue weighted by molar-refractivity contribution is 1.52. The minimum atomic E-state index is -0.808. The Morgan fingerprint density at radius 2 is 1.00 bits per heavy atom. The van der Waals surface area contributed by atoms with Crippen molar-refractivity contribution >= 4 is 8.80 Å². The highest BCUT2D eigenvalue weighted by molar-refractivity contribution is 6.61. The largest absolute Gasteiger partial charge is 0.107 e. The maximum atomic E-state index is 3.14. The Morgan fingerprint density at radius 3 is 1.23 bits per heavy atom. The van der Waals surface area contributed by atoms with Crippen LogP contribution in [0, 0.1) is 35.5 Å². The normalized spacial score (nSPS) is 7.38. The fourth-order valence-corrected chi connectivity index (χ4v) is 2.87. The first-order valence-corrected chi connectivity index (χ1v) is 6.98. The van der Waals surface area contributed by atoms with Crippen LogP contribution in [0.15, 0.2) is 0 Å². The van der Waals surface area contributed by atoms with Gasteiger partial charge in [0.05, 0.1) is 8.80 Å². The molecule has 0 aromatic rings. The van der Waals surface area contributed by atoms with Crippen molar-refractivity contribution in [2.75, 3.05) is 0 Å². The molecule has 0 atom stereocenters. The first kappa shape index (κ1) is 11.9. The average Bonchev–Trinajstić information content (AvgIpc) is 2.17. The van der Waals surface area contributed by atoms with E-state index in [1.165, 1.54) is 0 Å². The van der Waals surface area contributed by atoms with E-state index in [4.69, 9.17) is 0 Å². The minimum absolute atomic E-state index is 0.808. The zero-order chi connectivity index (χ0) is 9.94. The second kappa shape index (κ2) is 8.99. The highest BCUT2D eigenvalue weighted by atomic mass is 28.3. The average molecular weight is 188 g/mol. The van der Waals surface area contributed by atoms with Crippen molar-refractivity contribution in [1.82, 2.24) is 0 Å². The van der Waals surface area contributed by atoms with E-state index < -0.39 is 8.80 Å². The zero-order valence-electron chi connectivity index (χ0n) is 8.70. The van der Waals surface area contributed by atoms with Crippen molar-refractivity contribution in [3.63, 3.8) is 0 Å². The van der Waals surface area contributed by atoms with Crippen LogP contribution < -0.4 is 0 Å². The van der Waals surface area contributed by atoms with E-state index in [2.05, 4.69) is 35.5 Å². The van der Waals surface area contributed by atoms with Gasteiger partial charge in [-0.15, -0.1) is 35.5 Å². The Morgan fingerprint density at radius 1 is 0.692 bits per heavy atom. The van der Waals surface area contributed by atoms with Crippen molar-refractivity contribution in [3.05, 3.63) is 0 Å². The summed E-state index contributed by atoms with van der Waals surface area (Å²) >= 11 is 0. The van der Waals surface area contributed by atoms with E-state index in [9.17, 15) is 0 Å². The van der Waals surface area contributed by atoms with E-state index in [1.807, 2.05) is 20.8 Å². The molecule has 0 aromatic carbocycles. The van der Waals surface area contributed by atoms with Gasteiger partial charge in [-0.2, -0.15) is 0 Å². The Labute approximate surface area is 83.7 Å². The summed E-state index contributed by atoms with van der Waals surface area (Å²) in [4.78, 5) is 0. The highest BCUT2D eigenvalue weighted by Gasteiger charge is 2.05. The van der Waals surface area contributed by atoms with Gasteiger partial charge >= 0.3 is 0 Å². The Hall–Kier alpha value is -1.10. The number of hydrogen-bond acceptors (Lipinski definition) is 0. The molecule has 0 unspecified atom stereocenters. The van der Waals surface area contributed by atoms with Gasteiger partial charge in [-0.25, -0.2) is 0 Å². The third-order valence-corrected chi connectivity index (χ3v) is 4.05. The molecule has 0 radical (unpaired) electrons. The Balaban J connectivity index is 4.01. The van der Waals surface area contributed by atoms with Gasteiger partial charge in [0.15, 0.2) is 0 Å². The molecule has 68 valence electrons. The predicted molar refractivity (Wildman–Crippen MR) is 61.9 cm³/mol. The summed E-state index contributed by atoms with van der Waals surface area (Å²) in [6.07, 6.45) is 0. The molecule has 0 N–H and O–H groups in total. The third-order valence-electron chi connectivity index (χ3n) is 1.70. The SMILES string of the molecule is CC#CC[SiH](CC#CC)CC#CC. The summed E-state index contributed by atoms with van der Waals surface area (Å²) in [6, 6.07) is 3.17. The van der Waals surface area contributed by atoms with Crippen LogP contribution in [0.2, 0.25) is 18.1 Å². The summed E-state index contributed by atoms with van der Waals surface area (Å²) in [6.45, 7) is 5.67. The molecule has 0 bridgehead atoms. The van der Waals surface area contributed by atoms with E-state index >= 15 is 0 Å². The van der Waals surface area contributed by atoms with E-state index in [0.717, 1.165) is 18.1 Å². The molecule has 0 saturated heterocycles. The molecule has 0 rings (SSSR count). The summed E-state index contributed by atoms with van der Waals surface area (Å²) in [5.41, 5.74) is 0. The molecule has 13 heavy (non-hydrogen) atoms. The lowest BCUT2D eigenvalue weighted by Gasteiger charge is -2.02. The number of hydrogen-bond donors (Lipinski definition) is 0. The lowest BCUT2D eigenvalue weighted by atomic mass is 10.6. The molecule has 0 fully saturated rings. The molecule has 0 aliphatic heterocycles. The van der Waals surface area contributed by atoms with Crippen LogP contribution in [0.4, 0.5) is 0 Å². The standard InChI is InChI=1S/C12H16Si/c1-4-7-10-13(11-8-5-2)12-9-6-3/h13H,10-12H2,1-3H3. The molecule has 0 nitrogen and oxygen atoms in total. The molecule has 0 aliphatic rings. The first-order valence-electron chi connectivity index (χ1n) is 4.54. The van der Waals surface area contributed by atoms with Crippen LogP contribution in [0.1, 0.15) is 20.8 Å². The second-order valence-electron chi connectivity index (χ2n) is 2.76. The van der Waals surface area contributed by atoms with Crippen molar-refractivity contribution in [2.24, 2.45) is 0 Å². The van der Waals surface area contributed by atoms with Crippen LogP contribution in [0.3, 0.4) is 0 Å². The summed E-state index contributed by atoms with van der Waals surface area (Å²) in [5, 5.41) is 0. The zero-order valence-corrected chi connectivity index (χ0v) is 9.85. The Kier molecular flexibility index (Phi) is 8.23. The van der Waals surface area contributed by atoms with Crippen molar-refractivity contribution in [2.45, 2.75) is 38.9 Å². The fourth-order valence-electron chi connectivity index (χ4n) is 0.956. The van der Waals surface area contributed by atoms with Gasteiger partial charge in [0.25, 0.3) is 0 Å².